The number of carbonyl (C=O) groups excluding carboxylic acids is 2. The van der Waals surface area contributed by atoms with Gasteiger partial charge in [0.2, 0.25) is 11.4 Å². The average Bonchev–Trinajstić information content (AvgIpc) is 2.73. The number of hydrogen-bond donors (Lipinski definition) is 1. The second-order valence-electron chi connectivity index (χ2n) is 5.41. The molecule has 1 aromatic carbocycles. The Morgan fingerprint density at radius 2 is 2.15 bits per heavy atom. The first kappa shape index (κ1) is 17.7. The Kier molecular flexibility index (Phi) is 5.08. The second kappa shape index (κ2) is 7.44. The number of carbonyl (C=O) groups is 2. The lowest BCUT2D eigenvalue weighted by molar-refractivity contribution is -0.127. The van der Waals surface area contributed by atoms with Gasteiger partial charge in [0.15, 0.2) is 0 Å². The average molecular weight is 379 g/mol. The van der Waals surface area contributed by atoms with Crippen LogP contribution in [0.25, 0.3) is 0 Å². The van der Waals surface area contributed by atoms with Crippen LogP contribution in [0.4, 0.5) is 10.5 Å². The molecule has 0 fully saturated rings. The van der Waals surface area contributed by atoms with Gasteiger partial charge in [0.25, 0.3) is 5.91 Å². The second-order valence-corrected chi connectivity index (χ2v) is 5.75. The highest BCUT2D eigenvalue weighted by Crippen LogP contribution is 2.34. The summed E-state index contributed by atoms with van der Waals surface area (Å²) in [4.78, 5) is 32.4. The minimum Gasteiger partial charge on any atom is -0.489 e. The number of rotatable bonds is 4. The molecule has 26 heavy (non-hydrogen) atoms. The summed E-state index contributed by atoms with van der Waals surface area (Å²) < 4.78 is 16.0. The molecule has 1 aromatic heterocycles. The zero-order valence-corrected chi connectivity index (χ0v) is 14.5. The van der Waals surface area contributed by atoms with E-state index in [4.69, 9.17) is 31.5 Å². The number of nitrogens with zero attached hydrogens (tertiary/aromatic N) is 3. The number of primary amides is 1. The Morgan fingerprint density at radius 1 is 1.42 bits per heavy atom. The molecule has 0 radical (unpaired) electrons. The fraction of sp³-hybridized carbons (Fsp3) is 0.250. The van der Waals surface area contributed by atoms with Crippen LogP contribution in [0, 0.1) is 0 Å². The minimum absolute atomic E-state index is 0.124. The van der Waals surface area contributed by atoms with Gasteiger partial charge in [-0.3, -0.25) is 4.79 Å². The van der Waals surface area contributed by atoms with E-state index in [9.17, 15) is 9.59 Å². The van der Waals surface area contributed by atoms with Gasteiger partial charge in [-0.2, -0.15) is 0 Å². The largest absolute Gasteiger partial charge is 0.489 e. The van der Waals surface area contributed by atoms with E-state index in [1.54, 1.807) is 37.6 Å². The molecule has 2 heterocycles. The van der Waals surface area contributed by atoms with Gasteiger partial charge < -0.3 is 24.8 Å². The highest BCUT2D eigenvalue weighted by molar-refractivity contribution is 6.28. The van der Waals surface area contributed by atoms with Crippen molar-refractivity contribution in [1.29, 1.82) is 0 Å². The van der Waals surface area contributed by atoms with E-state index in [1.807, 2.05) is 0 Å². The van der Waals surface area contributed by atoms with E-state index < -0.39 is 18.1 Å². The van der Waals surface area contributed by atoms with Crippen molar-refractivity contribution >= 4 is 29.3 Å². The van der Waals surface area contributed by atoms with E-state index in [1.165, 1.54) is 4.90 Å². The number of hydrogen-bond acceptors (Lipinski definition) is 7. The Bertz CT molecular complexity index is 830. The van der Waals surface area contributed by atoms with E-state index in [0.29, 0.717) is 17.2 Å². The number of halogens is 1. The third kappa shape index (κ3) is 3.94. The van der Waals surface area contributed by atoms with Crippen molar-refractivity contribution in [2.45, 2.75) is 12.7 Å². The minimum atomic E-state index is -1.11. The highest BCUT2D eigenvalue weighted by Gasteiger charge is 2.32. The Morgan fingerprint density at radius 3 is 2.85 bits per heavy atom. The van der Waals surface area contributed by atoms with Gasteiger partial charge in [-0.05, 0) is 23.7 Å². The molecule has 2 amide bonds. The van der Waals surface area contributed by atoms with Crippen LogP contribution >= 0.6 is 11.6 Å². The number of nitrogens with two attached hydrogens (primary N) is 1. The first-order chi connectivity index (χ1) is 12.4. The Balaban J connectivity index is 1.75. The van der Waals surface area contributed by atoms with Gasteiger partial charge in [-0.1, -0.05) is 0 Å². The van der Waals surface area contributed by atoms with Crippen LogP contribution in [0.1, 0.15) is 5.56 Å². The third-order valence-corrected chi connectivity index (χ3v) is 3.82. The molecule has 0 unspecified atom stereocenters. The van der Waals surface area contributed by atoms with Crippen LogP contribution in [-0.4, -0.2) is 41.7 Å². The van der Waals surface area contributed by atoms with Crippen LogP contribution < -0.4 is 20.1 Å². The predicted molar refractivity (Wildman–Crippen MR) is 91.2 cm³/mol. The van der Waals surface area contributed by atoms with Crippen molar-refractivity contribution in [2.24, 2.45) is 5.73 Å². The van der Waals surface area contributed by atoms with Crippen molar-refractivity contribution in [1.82, 2.24) is 9.97 Å². The van der Waals surface area contributed by atoms with Crippen LogP contribution in [-0.2, 0) is 16.1 Å². The fourth-order valence-corrected chi connectivity index (χ4v) is 2.45. The molecule has 2 aromatic rings. The van der Waals surface area contributed by atoms with Crippen molar-refractivity contribution in [2.75, 3.05) is 18.6 Å². The number of likely N-dealkylation sites (N-methyl/N-ethyl adjacent to an activating group) is 1. The lowest BCUT2D eigenvalue weighted by Gasteiger charge is -2.19. The number of ether oxygens (including phenoxy) is 3. The maximum absolute atomic E-state index is 12.4. The van der Waals surface area contributed by atoms with Crippen molar-refractivity contribution < 1.29 is 23.8 Å². The third-order valence-electron chi connectivity index (χ3n) is 3.63. The molecule has 0 saturated heterocycles. The van der Waals surface area contributed by atoms with E-state index in [2.05, 4.69) is 9.97 Å². The van der Waals surface area contributed by atoms with Crippen LogP contribution in [0.5, 0.6) is 11.5 Å². The maximum Gasteiger partial charge on any atom is 0.405 e. The molecule has 2 N–H and O–H groups in total. The number of fused-ring (bicyclic) bond motifs is 1. The van der Waals surface area contributed by atoms with Gasteiger partial charge in [0.05, 0.1) is 5.69 Å². The smallest absolute Gasteiger partial charge is 0.405 e. The summed E-state index contributed by atoms with van der Waals surface area (Å²) in [7, 11) is 1.55. The standard InChI is InChI=1S/C16H15ClN4O5/c1-21-11-4-10(24-7-9-5-19-15(17)20-6-9)2-3-12(11)25-8-13(14(21)22)26-16(18)23/h2-6,13H,7-8H2,1H3,(H2,18,23)/t13-/m0/s1. The first-order valence-corrected chi connectivity index (χ1v) is 7.91. The lowest BCUT2D eigenvalue weighted by atomic mass is 10.2. The Labute approximate surface area is 153 Å². The van der Waals surface area contributed by atoms with E-state index in [-0.39, 0.29) is 18.5 Å². The van der Waals surface area contributed by atoms with Crippen LogP contribution in [0.15, 0.2) is 30.6 Å². The highest BCUT2D eigenvalue weighted by atomic mass is 35.5. The maximum atomic E-state index is 12.4. The van der Waals surface area contributed by atoms with Crippen LogP contribution in [0.2, 0.25) is 5.28 Å². The summed E-state index contributed by atoms with van der Waals surface area (Å²) >= 11 is 5.64. The zero-order valence-electron chi connectivity index (χ0n) is 13.7. The molecule has 1 aliphatic heterocycles. The van der Waals surface area contributed by atoms with Crippen molar-refractivity contribution in [3.8, 4) is 11.5 Å². The van der Waals surface area contributed by atoms with Gasteiger partial charge in [0.1, 0.15) is 24.7 Å². The zero-order chi connectivity index (χ0) is 18.7. The summed E-state index contributed by atoms with van der Waals surface area (Å²) in [5.74, 6) is 0.514. The molecule has 10 heteroatoms. The summed E-state index contributed by atoms with van der Waals surface area (Å²) in [6.45, 7) is 0.101. The molecule has 9 nitrogen and oxygen atoms in total. The monoisotopic (exact) mass is 378 g/mol. The normalized spacial score (nSPS) is 16.3. The lowest BCUT2D eigenvalue weighted by Crippen LogP contribution is -2.41. The number of aromatic nitrogens is 2. The topological polar surface area (TPSA) is 117 Å². The molecule has 1 aliphatic rings. The summed E-state index contributed by atoms with van der Waals surface area (Å²) in [5, 5.41) is 0.156. The SMILES string of the molecule is CN1C(=O)[C@@H](OC(N)=O)COc2ccc(OCc3cnc(Cl)nc3)cc21. The van der Waals surface area contributed by atoms with Gasteiger partial charge in [-0.25, -0.2) is 14.8 Å². The van der Waals surface area contributed by atoms with Gasteiger partial charge in [-0.15, -0.1) is 0 Å². The van der Waals surface area contributed by atoms with Crippen LogP contribution in [0.3, 0.4) is 0 Å². The van der Waals surface area contributed by atoms with Gasteiger partial charge in [0, 0.05) is 31.1 Å². The van der Waals surface area contributed by atoms with E-state index in [0.717, 1.165) is 5.56 Å². The molecule has 0 spiro atoms. The predicted octanol–water partition coefficient (Wildman–Crippen LogP) is 1.53. The summed E-state index contributed by atoms with van der Waals surface area (Å²) in [6, 6.07) is 5.01. The van der Waals surface area contributed by atoms with E-state index >= 15 is 0 Å². The molecule has 1 atom stereocenters. The van der Waals surface area contributed by atoms with Gasteiger partial charge >= 0.3 is 6.09 Å². The van der Waals surface area contributed by atoms with Crippen molar-refractivity contribution in [3.05, 3.63) is 41.4 Å². The molecule has 0 saturated carbocycles. The molecule has 0 bridgehead atoms. The molecule has 0 aliphatic carbocycles. The molecule has 3 rings (SSSR count). The first-order valence-electron chi connectivity index (χ1n) is 7.54. The molecular weight excluding hydrogens is 364 g/mol. The molecule has 136 valence electrons. The quantitative estimate of drug-likeness (QED) is 0.801. The van der Waals surface area contributed by atoms with Crippen molar-refractivity contribution in [3.63, 3.8) is 0 Å². The number of benzene rings is 1. The fourth-order valence-electron chi connectivity index (χ4n) is 2.35. The summed E-state index contributed by atoms with van der Waals surface area (Å²) in [5.41, 5.74) is 6.21. The Hall–Kier alpha value is -3.07. The summed E-state index contributed by atoms with van der Waals surface area (Å²) in [6.07, 6.45) is 0.966. The number of anilines is 1. The molecular formula is C16H15ClN4O5. The number of amides is 2.